The standard InChI is InChI=1S/C12H28N2S2/c1-3-5-11(13)7-9-15-16-10-8-12(14)6-4-2/h11-12H,3-10,13-14H2,1-2H3. The van der Waals surface area contributed by atoms with Crippen molar-refractivity contribution in [2.75, 3.05) is 11.5 Å². The van der Waals surface area contributed by atoms with E-state index in [0.29, 0.717) is 12.1 Å². The summed E-state index contributed by atoms with van der Waals surface area (Å²) in [4.78, 5) is 0. The van der Waals surface area contributed by atoms with Gasteiger partial charge >= 0.3 is 0 Å². The summed E-state index contributed by atoms with van der Waals surface area (Å²) < 4.78 is 0. The molecule has 0 rings (SSSR count). The van der Waals surface area contributed by atoms with E-state index in [-0.39, 0.29) is 0 Å². The van der Waals surface area contributed by atoms with Gasteiger partial charge in [-0.2, -0.15) is 0 Å². The molecule has 0 aromatic heterocycles. The van der Waals surface area contributed by atoms with E-state index in [0.717, 1.165) is 25.7 Å². The number of hydrogen-bond donors (Lipinski definition) is 2. The summed E-state index contributed by atoms with van der Waals surface area (Å²) in [6, 6.07) is 0.806. The van der Waals surface area contributed by atoms with Crippen LogP contribution in [0.15, 0.2) is 0 Å². The monoisotopic (exact) mass is 264 g/mol. The van der Waals surface area contributed by atoms with Gasteiger partial charge in [-0.3, -0.25) is 0 Å². The molecule has 0 heterocycles. The van der Waals surface area contributed by atoms with Crippen LogP contribution < -0.4 is 11.5 Å². The molecule has 0 aliphatic carbocycles. The van der Waals surface area contributed by atoms with E-state index < -0.39 is 0 Å². The second-order valence-corrected chi connectivity index (χ2v) is 7.02. The Morgan fingerprint density at radius 3 is 1.44 bits per heavy atom. The Hall–Kier alpha value is 0.620. The Balaban J connectivity index is 3.15. The summed E-state index contributed by atoms with van der Waals surface area (Å²) in [5.74, 6) is 2.35. The fourth-order valence-electron chi connectivity index (χ4n) is 1.55. The molecule has 2 unspecified atom stereocenters. The molecule has 0 aromatic rings. The molecule has 0 saturated carbocycles. The Bertz CT molecular complexity index is 129. The fourth-order valence-corrected chi connectivity index (χ4v) is 3.87. The third-order valence-electron chi connectivity index (χ3n) is 2.55. The number of rotatable bonds is 11. The Kier molecular flexibility index (Phi) is 12.6. The SMILES string of the molecule is CCCC(N)CCSSCCC(N)CCC. The molecular weight excluding hydrogens is 236 g/mol. The second-order valence-electron chi connectivity index (χ2n) is 4.32. The van der Waals surface area contributed by atoms with Crippen molar-refractivity contribution in [1.82, 2.24) is 0 Å². The molecule has 4 N–H and O–H groups in total. The Labute approximate surface area is 109 Å². The van der Waals surface area contributed by atoms with E-state index in [1.807, 2.05) is 21.6 Å². The summed E-state index contributed by atoms with van der Waals surface area (Å²) in [5, 5.41) is 0. The molecule has 2 nitrogen and oxygen atoms in total. The molecule has 4 heteroatoms. The zero-order valence-electron chi connectivity index (χ0n) is 10.8. The van der Waals surface area contributed by atoms with Gasteiger partial charge in [0.15, 0.2) is 0 Å². The molecule has 0 amide bonds. The second kappa shape index (κ2) is 12.1. The summed E-state index contributed by atoms with van der Waals surface area (Å²) in [7, 11) is 3.90. The van der Waals surface area contributed by atoms with Gasteiger partial charge < -0.3 is 11.5 Å². The molecule has 0 aliphatic rings. The van der Waals surface area contributed by atoms with Crippen molar-refractivity contribution in [1.29, 1.82) is 0 Å². The predicted molar refractivity (Wildman–Crippen MR) is 79.9 cm³/mol. The van der Waals surface area contributed by atoms with Gasteiger partial charge in [-0.05, 0) is 25.7 Å². The van der Waals surface area contributed by atoms with Crippen LogP contribution in [0.3, 0.4) is 0 Å². The minimum absolute atomic E-state index is 0.403. The molecule has 98 valence electrons. The zero-order chi connectivity index (χ0) is 12.2. The minimum Gasteiger partial charge on any atom is -0.328 e. The van der Waals surface area contributed by atoms with E-state index in [1.54, 1.807) is 0 Å². The van der Waals surface area contributed by atoms with E-state index in [4.69, 9.17) is 11.5 Å². The molecule has 0 saturated heterocycles. The van der Waals surface area contributed by atoms with E-state index in [2.05, 4.69) is 13.8 Å². The van der Waals surface area contributed by atoms with Crippen molar-refractivity contribution in [2.24, 2.45) is 11.5 Å². The summed E-state index contributed by atoms with van der Waals surface area (Å²) in [6.07, 6.45) is 7.01. The maximum Gasteiger partial charge on any atom is 0.00516 e. The van der Waals surface area contributed by atoms with Crippen LogP contribution in [0.4, 0.5) is 0 Å². The maximum atomic E-state index is 5.94. The highest BCUT2D eigenvalue weighted by molar-refractivity contribution is 8.76. The number of hydrogen-bond acceptors (Lipinski definition) is 4. The van der Waals surface area contributed by atoms with Crippen LogP contribution in [0, 0.1) is 0 Å². The van der Waals surface area contributed by atoms with Crippen molar-refractivity contribution >= 4 is 21.6 Å². The zero-order valence-corrected chi connectivity index (χ0v) is 12.4. The third-order valence-corrected chi connectivity index (χ3v) is 5.02. The van der Waals surface area contributed by atoms with Crippen LogP contribution in [-0.4, -0.2) is 23.6 Å². The van der Waals surface area contributed by atoms with Crippen molar-refractivity contribution in [3.05, 3.63) is 0 Å². The van der Waals surface area contributed by atoms with Gasteiger partial charge in [-0.1, -0.05) is 48.3 Å². The lowest BCUT2D eigenvalue weighted by atomic mass is 10.1. The van der Waals surface area contributed by atoms with Crippen LogP contribution in [0.25, 0.3) is 0 Å². The lowest BCUT2D eigenvalue weighted by Gasteiger charge is -2.10. The molecule has 0 bridgehead atoms. The lowest BCUT2D eigenvalue weighted by Crippen LogP contribution is -2.20. The summed E-state index contributed by atoms with van der Waals surface area (Å²) in [6.45, 7) is 4.38. The first-order valence-corrected chi connectivity index (χ1v) is 8.95. The summed E-state index contributed by atoms with van der Waals surface area (Å²) in [5.41, 5.74) is 11.9. The number of nitrogens with two attached hydrogens (primary N) is 2. The molecule has 0 aromatic carbocycles. The molecule has 0 radical (unpaired) electrons. The highest BCUT2D eigenvalue weighted by Crippen LogP contribution is 2.24. The Morgan fingerprint density at radius 2 is 1.12 bits per heavy atom. The van der Waals surface area contributed by atoms with Crippen molar-refractivity contribution in [3.8, 4) is 0 Å². The third kappa shape index (κ3) is 11.1. The normalized spacial score (nSPS) is 15.0. The van der Waals surface area contributed by atoms with Crippen molar-refractivity contribution in [2.45, 2.75) is 64.5 Å². The Morgan fingerprint density at radius 1 is 0.750 bits per heavy atom. The molecule has 2 atom stereocenters. The van der Waals surface area contributed by atoms with Gasteiger partial charge in [0.05, 0.1) is 0 Å². The molecule has 0 spiro atoms. The first-order chi connectivity index (χ1) is 7.70. The largest absolute Gasteiger partial charge is 0.328 e. The van der Waals surface area contributed by atoms with Gasteiger partial charge in [0.2, 0.25) is 0 Å². The minimum atomic E-state index is 0.403. The lowest BCUT2D eigenvalue weighted by molar-refractivity contribution is 0.590. The van der Waals surface area contributed by atoms with E-state index >= 15 is 0 Å². The van der Waals surface area contributed by atoms with E-state index in [9.17, 15) is 0 Å². The maximum absolute atomic E-state index is 5.94. The van der Waals surface area contributed by atoms with Crippen LogP contribution in [0.2, 0.25) is 0 Å². The summed E-state index contributed by atoms with van der Waals surface area (Å²) >= 11 is 0. The molecular formula is C12H28N2S2. The quantitative estimate of drug-likeness (QED) is 0.443. The van der Waals surface area contributed by atoms with Crippen molar-refractivity contribution in [3.63, 3.8) is 0 Å². The van der Waals surface area contributed by atoms with Crippen molar-refractivity contribution < 1.29 is 0 Å². The van der Waals surface area contributed by atoms with Crippen LogP contribution >= 0.6 is 21.6 Å². The predicted octanol–water partition coefficient (Wildman–Crippen LogP) is 3.40. The van der Waals surface area contributed by atoms with Crippen LogP contribution in [0.5, 0.6) is 0 Å². The van der Waals surface area contributed by atoms with Crippen LogP contribution in [0.1, 0.15) is 52.4 Å². The highest BCUT2D eigenvalue weighted by atomic mass is 33.1. The van der Waals surface area contributed by atoms with E-state index in [1.165, 1.54) is 24.3 Å². The first-order valence-electron chi connectivity index (χ1n) is 6.46. The topological polar surface area (TPSA) is 52.0 Å². The molecule has 16 heavy (non-hydrogen) atoms. The molecule has 0 aliphatic heterocycles. The van der Waals surface area contributed by atoms with Gasteiger partial charge in [-0.25, -0.2) is 0 Å². The van der Waals surface area contributed by atoms with Gasteiger partial charge in [-0.15, -0.1) is 0 Å². The smallest absolute Gasteiger partial charge is 0.00516 e. The molecule has 0 fully saturated rings. The van der Waals surface area contributed by atoms with Gasteiger partial charge in [0.25, 0.3) is 0 Å². The van der Waals surface area contributed by atoms with Gasteiger partial charge in [0, 0.05) is 23.6 Å². The highest BCUT2D eigenvalue weighted by Gasteiger charge is 2.02. The average Bonchev–Trinajstić information content (AvgIpc) is 2.24. The first kappa shape index (κ1) is 16.6. The van der Waals surface area contributed by atoms with Crippen LogP contribution in [-0.2, 0) is 0 Å². The van der Waals surface area contributed by atoms with Gasteiger partial charge in [0.1, 0.15) is 0 Å². The average molecular weight is 265 g/mol. The fraction of sp³-hybridized carbons (Fsp3) is 1.00.